The zero-order valence-corrected chi connectivity index (χ0v) is 12.1. The maximum Gasteiger partial charge on any atom is 0.254 e. The summed E-state index contributed by atoms with van der Waals surface area (Å²) in [5, 5.41) is 7.00. The summed E-state index contributed by atoms with van der Waals surface area (Å²) in [7, 11) is 0. The number of furan rings is 1. The minimum atomic E-state index is -0.143. The van der Waals surface area contributed by atoms with E-state index in [9.17, 15) is 4.79 Å². The maximum atomic E-state index is 11.8. The molecule has 6 nitrogen and oxygen atoms in total. The number of nitrogens with one attached hydrogen (secondary N) is 1. The van der Waals surface area contributed by atoms with Gasteiger partial charge in [0.25, 0.3) is 5.91 Å². The number of halogens is 1. The molecule has 2 aromatic rings. The molecule has 0 saturated heterocycles. The van der Waals surface area contributed by atoms with E-state index in [4.69, 9.17) is 10.2 Å². The van der Waals surface area contributed by atoms with E-state index in [0.717, 1.165) is 6.54 Å². The molecule has 2 heterocycles. The molecule has 0 saturated carbocycles. The zero-order valence-electron chi connectivity index (χ0n) is 11.3. The summed E-state index contributed by atoms with van der Waals surface area (Å²) in [5.41, 5.74) is 5.93. The molecule has 2 rings (SSSR count). The molecule has 2 aromatic heterocycles. The highest BCUT2D eigenvalue weighted by Gasteiger charge is 2.11. The van der Waals surface area contributed by atoms with Gasteiger partial charge in [-0.05, 0) is 18.1 Å². The predicted octanol–water partition coefficient (Wildman–Crippen LogP) is 1.42. The summed E-state index contributed by atoms with van der Waals surface area (Å²) in [6.45, 7) is 3.71. The molecule has 0 spiro atoms. The number of carbonyl (C=O) groups excluding carboxylic acids is 1. The van der Waals surface area contributed by atoms with Crippen LogP contribution in [0.4, 0.5) is 0 Å². The molecule has 0 fully saturated rings. The second-order valence-electron chi connectivity index (χ2n) is 4.55. The molecule has 1 amide bonds. The first-order valence-corrected chi connectivity index (χ1v) is 6.22. The second-order valence-corrected chi connectivity index (χ2v) is 4.55. The molecule has 1 atom stereocenters. The monoisotopic (exact) mass is 298 g/mol. The molecular formula is C13H19ClN4O2. The Labute approximate surface area is 123 Å². The average molecular weight is 299 g/mol. The first-order valence-electron chi connectivity index (χ1n) is 6.22. The smallest absolute Gasteiger partial charge is 0.254 e. The van der Waals surface area contributed by atoms with Crippen LogP contribution >= 0.6 is 12.4 Å². The van der Waals surface area contributed by atoms with Crippen LogP contribution in [0, 0.1) is 5.92 Å². The van der Waals surface area contributed by atoms with Crippen LogP contribution in [0.3, 0.4) is 0 Å². The van der Waals surface area contributed by atoms with Crippen LogP contribution in [0.5, 0.6) is 0 Å². The van der Waals surface area contributed by atoms with Gasteiger partial charge in [0.2, 0.25) is 0 Å². The summed E-state index contributed by atoms with van der Waals surface area (Å²) in [6.07, 6.45) is 5.07. The molecular weight excluding hydrogens is 280 g/mol. The number of hydrogen-bond acceptors (Lipinski definition) is 4. The van der Waals surface area contributed by atoms with Gasteiger partial charge in [-0.1, -0.05) is 6.92 Å². The van der Waals surface area contributed by atoms with Crippen LogP contribution in [0.1, 0.15) is 23.0 Å². The van der Waals surface area contributed by atoms with Gasteiger partial charge >= 0.3 is 0 Å². The van der Waals surface area contributed by atoms with Crippen LogP contribution in [-0.2, 0) is 13.1 Å². The Kier molecular flexibility index (Phi) is 6.27. The average Bonchev–Trinajstić information content (AvgIpc) is 3.06. The third-order valence-corrected chi connectivity index (χ3v) is 2.79. The Morgan fingerprint density at radius 3 is 3.00 bits per heavy atom. The van der Waals surface area contributed by atoms with Gasteiger partial charge < -0.3 is 15.5 Å². The fourth-order valence-electron chi connectivity index (χ4n) is 1.77. The van der Waals surface area contributed by atoms with Crippen molar-refractivity contribution in [1.82, 2.24) is 15.1 Å². The molecule has 0 bridgehead atoms. The number of nitrogens with two attached hydrogens (primary N) is 1. The Hall–Kier alpha value is -1.79. The lowest BCUT2D eigenvalue weighted by atomic mass is 10.2. The summed E-state index contributed by atoms with van der Waals surface area (Å²) in [4.78, 5) is 11.8. The van der Waals surface area contributed by atoms with Crippen molar-refractivity contribution in [1.29, 1.82) is 0 Å². The van der Waals surface area contributed by atoms with Crippen molar-refractivity contribution >= 4 is 18.3 Å². The lowest BCUT2D eigenvalue weighted by Gasteiger charge is -2.12. The van der Waals surface area contributed by atoms with Gasteiger partial charge in [0.15, 0.2) is 0 Å². The van der Waals surface area contributed by atoms with Gasteiger partial charge in [0.05, 0.1) is 12.1 Å². The maximum absolute atomic E-state index is 11.8. The van der Waals surface area contributed by atoms with E-state index < -0.39 is 0 Å². The lowest BCUT2D eigenvalue weighted by molar-refractivity contribution is 0.0946. The number of aromatic nitrogens is 2. The number of carbonyl (C=O) groups is 1. The quantitative estimate of drug-likeness (QED) is 0.844. The van der Waals surface area contributed by atoms with Crippen LogP contribution in [0.2, 0.25) is 0 Å². The Bertz CT molecular complexity index is 524. The molecule has 7 heteroatoms. The van der Waals surface area contributed by atoms with Crippen LogP contribution in [0.25, 0.3) is 0 Å². The first kappa shape index (κ1) is 16.3. The minimum absolute atomic E-state index is 0. The Balaban J connectivity index is 0.00000200. The Morgan fingerprint density at radius 2 is 2.40 bits per heavy atom. The van der Waals surface area contributed by atoms with Crippen molar-refractivity contribution in [2.24, 2.45) is 11.7 Å². The van der Waals surface area contributed by atoms with Crippen molar-refractivity contribution in [2.45, 2.75) is 20.0 Å². The molecule has 110 valence electrons. The van der Waals surface area contributed by atoms with Crippen molar-refractivity contribution in [3.8, 4) is 0 Å². The highest BCUT2D eigenvalue weighted by Crippen LogP contribution is 2.07. The second kappa shape index (κ2) is 7.72. The molecule has 3 N–H and O–H groups in total. The molecule has 0 aliphatic heterocycles. The van der Waals surface area contributed by atoms with Crippen molar-refractivity contribution in [3.05, 3.63) is 42.1 Å². The van der Waals surface area contributed by atoms with Crippen molar-refractivity contribution in [3.63, 3.8) is 0 Å². The number of amides is 1. The minimum Gasteiger partial charge on any atom is -0.467 e. The van der Waals surface area contributed by atoms with E-state index in [2.05, 4.69) is 17.3 Å². The molecule has 20 heavy (non-hydrogen) atoms. The normalized spacial score (nSPS) is 11.7. The van der Waals surface area contributed by atoms with Gasteiger partial charge in [0, 0.05) is 25.5 Å². The van der Waals surface area contributed by atoms with Gasteiger partial charge in [-0.15, -0.1) is 12.4 Å². The summed E-state index contributed by atoms with van der Waals surface area (Å²) >= 11 is 0. The van der Waals surface area contributed by atoms with Crippen LogP contribution < -0.4 is 11.1 Å². The molecule has 0 radical (unpaired) electrons. The zero-order chi connectivity index (χ0) is 13.7. The van der Waals surface area contributed by atoms with E-state index in [1.807, 2.05) is 16.9 Å². The van der Waals surface area contributed by atoms with E-state index in [1.165, 1.54) is 6.26 Å². The lowest BCUT2D eigenvalue weighted by Crippen LogP contribution is -2.29. The topological polar surface area (TPSA) is 86.1 Å². The molecule has 0 aliphatic rings. The van der Waals surface area contributed by atoms with Gasteiger partial charge in [-0.2, -0.15) is 5.10 Å². The summed E-state index contributed by atoms with van der Waals surface area (Å²) < 4.78 is 6.98. The van der Waals surface area contributed by atoms with Crippen molar-refractivity contribution < 1.29 is 9.21 Å². The highest BCUT2D eigenvalue weighted by atomic mass is 35.5. The van der Waals surface area contributed by atoms with Crippen molar-refractivity contribution in [2.75, 3.05) is 6.54 Å². The van der Waals surface area contributed by atoms with Gasteiger partial charge in [-0.3, -0.25) is 9.48 Å². The summed E-state index contributed by atoms with van der Waals surface area (Å²) in [5.74, 6) is 0.759. The Morgan fingerprint density at radius 1 is 1.60 bits per heavy atom. The van der Waals surface area contributed by atoms with E-state index >= 15 is 0 Å². The van der Waals surface area contributed by atoms with E-state index in [-0.39, 0.29) is 18.3 Å². The highest BCUT2D eigenvalue weighted by molar-refractivity contribution is 5.93. The largest absolute Gasteiger partial charge is 0.467 e. The third kappa shape index (κ3) is 4.40. The third-order valence-electron chi connectivity index (χ3n) is 2.79. The SMILES string of the molecule is CC(CNC(=O)c1coc(CN)c1)Cn1cccn1.Cl. The summed E-state index contributed by atoms with van der Waals surface area (Å²) in [6, 6.07) is 3.54. The molecule has 1 unspecified atom stereocenters. The van der Waals surface area contributed by atoms with Gasteiger partial charge in [0.1, 0.15) is 12.0 Å². The predicted molar refractivity (Wildman–Crippen MR) is 77.6 cm³/mol. The number of hydrogen-bond donors (Lipinski definition) is 2. The fourth-order valence-corrected chi connectivity index (χ4v) is 1.77. The van der Waals surface area contributed by atoms with E-state index in [0.29, 0.717) is 30.3 Å². The van der Waals surface area contributed by atoms with E-state index in [1.54, 1.807) is 12.3 Å². The fraction of sp³-hybridized carbons (Fsp3) is 0.385. The van der Waals surface area contributed by atoms with Crippen LogP contribution in [-0.4, -0.2) is 22.2 Å². The molecule has 0 aliphatic carbocycles. The number of rotatable bonds is 6. The molecule has 0 aromatic carbocycles. The standard InChI is InChI=1S/C13H18N4O2.ClH/c1-10(8-17-4-2-3-16-17)7-15-13(18)11-5-12(6-14)19-9-11;/h2-5,9-10H,6-8,14H2,1H3,(H,15,18);1H. The number of nitrogens with zero attached hydrogens (tertiary/aromatic N) is 2. The van der Waals surface area contributed by atoms with Gasteiger partial charge in [-0.25, -0.2) is 0 Å². The van der Waals surface area contributed by atoms with Crippen LogP contribution in [0.15, 0.2) is 35.2 Å². The first-order chi connectivity index (χ1) is 9.19.